The second-order valence-corrected chi connectivity index (χ2v) is 7.68. The number of nitrogens with zero attached hydrogens (tertiary/aromatic N) is 4. The maximum Gasteiger partial charge on any atom is 0.243 e. The molecule has 124 valence electrons. The van der Waals surface area contributed by atoms with Gasteiger partial charge in [-0.05, 0) is 36.4 Å². The van der Waals surface area contributed by atoms with E-state index in [1.54, 1.807) is 18.3 Å². The molecule has 0 saturated carbocycles. The summed E-state index contributed by atoms with van der Waals surface area (Å²) in [6.07, 6.45) is 1.67. The van der Waals surface area contributed by atoms with Crippen molar-refractivity contribution in [3.05, 3.63) is 53.2 Å². The summed E-state index contributed by atoms with van der Waals surface area (Å²) in [5, 5.41) is 9.36. The number of rotatable bonds is 3. The minimum Gasteiger partial charge on any atom is -0.353 e. The number of benzene rings is 1. The van der Waals surface area contributed by atoms with Crippen molar-refractivity contribution in [3.8, 4) is 6.07 Å². The Kier molecular flexibility index (Phi) is 4.71. The van der Waals surface area contributed by atoms with Gasteiger partial charge in [0.1, 0.15) is 5.82 Å². The van der Waals surface area contributed by atoms with Crippen LogP contribution in [-0.4, -0.2) is 43.9 Å². The highest BCUT2D eigenvalue weighted by Gasteiger charge is 2.29. The van der Waals surface area contributed by atoms with Crippen molar-refractivity contribution in [2.24, 2.45) is 0 Å². The third-order valence-corrected chi connectivity index (χ3v) is 6.11. The van der Waals surface area contributed by atoms with Gasteiger partial charge in [0.25, 0.3) is 0 Å². The molecule has 0 bridgehead atoms. The normalized spacial score (nSPS) is 15.9. The molecule has 2 aromatic rings. The summed E-state index contributed by atoms with van der Waals surface area (Å²) >= 11 is 6.15. The van der Waals surface area contributed by atoms with Crippen molar-refractivity contribution in [1.82, 2.24) is 9.29 Å². The maximum atomic E-state index is 12.7. The summed E-state index contributed by atoms with van der Waals surface area (Å²) in [5.41, 5.74) is 0.434. The molecule has 0 spiro atoms. The van der Waals surface area contributed by atoms with Gasteiger partial charge >= 0.3 is 0 Å². The van der Waals surface area contributed by atoms with Gasteiger partial charge in [-0.3, -0.25) is 0 Å². The summed E-state index contributed by atoms with van der Waals surface area (Å²) < 4.78 is 26.8. The molecule has 1 aliphatic rings. The highest BCUT2D eigenvalue weighted by Crippen LogP contribution is 2.25. The zero-order chi connectivity index (χ0) is 17.2. The Morgan fingerprint density at radius 1 is 1.08 bits per heavy atom. The first-order valence-corrected chi connectivity index (χ1v) is 9.20. The second-order valence-electron chi connectivity index (χ2n) is 5.34. The van der Waals surface area contributed by atoms with Crippen molar-refractivity contribution in [2.75, 3.05) is 31.1 Å². The highest BCUT2D eigenvalue weighted by molar-refractivity contribution is 7.89. The number of anilines is 1. The lowest BCUT2D eigenvalue weighted by atomic mass is 10.2. The average molecular weight is 363 g/mol. The first kappa shape index (κ1) is 16.7. The molecule has 0 amide bonds. The van der Waals surface area contributed by atoms with E-state index in [1.807, 2.05) is 11.0 Å². The van der Waals surface area contributed by atoms with Crippen molar-refractivity contribution < 1.29 is 8.42 Å². The fraction of sp³-hybridized carbons (Fsp3) is 0.250. The zero-order valence-electron chi connectivity index (χ0n) is 12.8. The predicted molar refractivity (Wildman–Crippen MR) is 91.4 cm³/mol. The minimum atomic E-state index is -3.56. The molecule has 6 nitrogen and oxygen atoms in total. The van der Waals surface area contributed by atoms with Gasteiger partial charge in [-0.25, -0.2) is 13.4 Å². The SMILES string of the molecule is N#Cc1ccc(S(=O)(=O)N2CCN(c3ncccc3Cl)CC2)cc1. The highest BCUT2D eigenvalue weighted by atomic mass is 35.5. The third-order valence-electron chi connectivity index (χ3n) is 3.90. The number of nitriles is 1. The van der Waals surface area contributed by atoms with E-state index in [-0.39, 0.29) is 4.90 Å². The summed E-state index contributed by atoms with van der Waals surface area (Å²) in [5.74, 6) is 0.676. The summed E-state index contributed by atoms with van der Waals surface area (Å²) in [6, 6.07) is 11.5. The van der Waals surface area contributed by atoms with Crippen LogP contribution in [0.25, 0.3) is 0 Å². The number of piperazine rings is 1. The number of sulfonamides is 1. The van der Waals surface area contributed by atoms with Crippen molar-refractivity contribution >= 4 is 27.4 Å². The molecule has 0 aliphatic carbocycles. The van der Waals surface area contributed by atoms with Gasteiger partial charge in [-0.2, -0.15) is 9.57 Å². The Bertz CT molecular complexity index is 870. The first-order chi connectivity index (χ1) is 11.5. The van der Waals surface area contributed by atoms with Crippen LogP contribution in [0.5, 0.6) is 0 Å². The predicted octanol–water partition coefficient (Wildman–Crippen LogP) is 2.12. The standard InChI is InChI=1S/C16H15ClN4O2S/c17-15-2-1-7-19-16(15)20-8-10-21(11-9-20)24(22,23)14-5-3-13(12-18)4-6-14/h1-7H,8-11H2. The van der Waals surface area contributed by atoms with Gasteiger partial charge < -0.3 is 4.90 Å². The average Bonchev–Trinajstić information content (AvgIpc) is 2.62. The molecule has 3 rings (SSSR count). The molecule has 0 radical (unpaired) electrons. The smallest absolute Gasteiger partial charge is 0.243 e. The number of pyridine rings is 1. The molecule has 24 heavy (non-hydrogen) atoms. The van der Waals surface area contributed by atoms with Gasteiger partial charge in [0.15, 0.2) is 0 Å². The van der Waals surface area contributed by atoms with Gasteiger partial charge in [-0.1, -0.05) is 11.6 Å². The van der Waals surface area contributed by atoms with Crippen LogP contribution in [0.2, 0.25) is 5.02 Å². The molecular weight excluding hydrogens is 348 g/mol. The number of hydrogen-bond acceptors (Lipinski definition) is 5. The monoisotopic (exact) mass is 362 g/mol. The van der Waals surface area contributed by atoms with Crippen LogP contribution in [0.4, 0.5) is 5.82 Å². The topological polar surface area (TPSA) is 77.3 Å². The Morgan fingerprint density at radius 2 is 1.75 bits per heavy atom. The molecule has 0 N–H and O–H groups in total. The van der Waals surface area contributed by atoms with E-state index in [0.29, 0.717) is 42.6 Å². The van der Waals surface area contributed by atoms with Crippen LogP contribution in [-0.2, 0) is 10.0 Å². The van der Waals surface area contributed by atoms with Crippen LogP contribution in [0.15, 0.2) is 47.5 Å². The number of halogens is 1. The molecular formula is C16H15ClN4O2S. The Labute approximate surface area is 146 Å². The Hall–Kier alpha value is -2.14. The molecule has 0 unspecified atom stereocenters. The molecule has 8 heteroatoms. The van der Waals surface area contributed by atoms with E-state index >= 15 is 0 Å². The summed E-state index contributed by atoms with van der Waals surface area (Å²) in [4.78, 5) is 6.44. The molecule has 1 saturated heterocycles. The summed E-state index contributed by atoms with van der Waals surface area (Å²) in [6.45, 7) is 1.75. The molecule has 2 heterocycles. The first-order valence-electron chi connectivity index (χ1n) is 7.38. The minimum absolute atomic E-state index is 0.200. The van der Waals surface area contributed by atoms with E-state index < -0.39 is 10.0 Å². The number of aromatic nitrogens is 1. The molecule has 1 fully saturated rings. The van der Waals surface area contributed by atoms with Crippen LogP contribution in [0.3, 0.4) is 0 Å². The molecule has 1 aliphatic heterocycles. The largest absolute Gasteiger partial charge is 0.353 e. The second kappa shape index (κ2) is 6.77. The van der Waals surface area contributed by atoms with Crippen molar-refractivity contribution in [3.63, 3.8) is 0 Å². The fourth-order valence-electron chi connectivity index (χ4n) is 2.60. The van der Waals surface area contributed by atoms with Crippen LogP contribution < -0.4 is 4.90 Å². The van der Waals surface area contributed by atoms with Crippen molar-refractivity contribution in [1.29, 1.82) is 5.26 Å². The van der Waals surface area contributed by atoms with Gasteiger partial charge in [-0.15, -0.1) is 0 Å². The van der Waals surface area contributed by atoms with E-state index in [1.165, 1.54) is 28.6 Å². The van der Waals surface area contributed by atoms with E-state index in [9.17, 15) is 8.42 Å². The van der Waals surface area contributed by atoms with Gasteiger partial charge in [0.05, 0.1) is 21.6 Å². The summed E-state index contributed by atoms with van der Waals surface area (Å²) in [7, 11) is -3.56. The quantitative estimate of drug-likeness (QED) is 0.835. The Balaban J connectivity index is 1.74. The van der Waals surface area contributed by atoms with E-state index in [4.69, 9.17) is 16.9 Å². The molecule has 0 atom stereocenters. The van der Waals surface area contributed by atoms with E-state index in [2.05, 4.69) is 4.98 Å². The van der Waals surface area contributed by atoms with Gasteiger partial charge in [0.2, 0.25) is 10.0 Å². The van der Waals surface area contributed by atoms with Crippen LogP contribution in [0, 0.1) is 11.3 Å². The molecule has 1 aromatic heterocycles. The van der Waals surface area contributed by atoms with Crippen LogP contribution >= 0.6 is 11.6 Å². The lowest BCUT2D eigenvalue weighted by Crippen LogP contribution is -2.49. The van der Waals surface area contributed by atoms with Gasteiger partial charge in [0, 0.05) is 32.4 Å². The fourth-order valence-corrected chi connectivity index (χ4v) is 4.26. The lowest BCUT2D eigenvalue weighted by Gasteiger charge is -2.35. The maximum absolute atomic E-state index is 12.7. The van der Waals surface area contributed by atoms with Crippen LogP contribution in [0.1, 0.15) is 5.56 Å². The molecule has 1 aromatic carbocycles. The van der Waals surface area contributed by atoms with Crippen molar-refractivity contribution in [2.45, 2.75) is 4.90 Å². The third kappa shape index (κ3) is 3.22. The Morgan fingerprint density at radius 3 is 2.33 bits per heavy atom. The zero-order valence-corrected chi connectivity index (χ0v) is 14.3. The lowest BCUT2D eigenvalue weighted by molar-refractivity contribution is 0.384. The van der Waals surface area contributed by atoms with E-state index in [0.717, 1.165) is 0 Å². The number of hydrogen-bond donors (Lipinski definition) is 0.